The zero-order chi connectivity index (χ0) is 11.1. The Kier molecular flexibility index (Phi) is 3.33. The second kappa shape index (κ2) is 4.25. The minimum absolute atomic E-state index is 0.259. The van der Waals surface area contributed by atoms with Crippen molar-refractivity contribution in [3.05, 3.63) is 0 Å². The van der Waals surface area contributed by atoms with Crippen molar-refractivity contribution < 1.29 is 4.74 Å². The van der Waals surface area contributed by atoms with Crippen LogP contribution in [0.25, 0.3) is 0 Å². The summed E-state index contributed by atoms with van der Waals surface area (Å²) in [5, 5.41) is 0.259. The Morgan fingerprint density at radius 2 is 1.87 bits per heavy atom. The van der Waals surface area contributed by atoms with Gasteiger partial charge in [-0.3, -0.25) is 0 Å². The van der Waals surface area contributed by atoms with E-state index >= 15 is 0 Å². The lowest BCUT2D eigenvalue weighted by Crippen LogP contribution is -2.27. The maximum absolute atomic E-state index is 6.53. The summed E-state index contributed by atoms with van der Waals surface area (Å²) in [6.07, 6.45) is 7.03. The Labute approximate surface area is 98.5 Å². The molecule has 2 rings (SSSR count). The van der Waals surface area contributed by atoms with E-state index < -0.39 is 0 Å². The quantitative estimate of drug-likeness (QED) is 0.619. The third-order valence-corrected chi connectivity index (χ3v) is 4.29. The van der Waals surface area contributed by atoms with E-state index in [1.54, 1.807) is 0 Å². The first kappa shape index (κ1) is 11.7. The minimum Gasteiger partial charge on any atom is -0.373 e. The lowest BCUT2D eigenvalue weighted by atomic mass is 9.82. The van der Waals surface area contributed by atoms with Gasteiger partial charge in [0.05, 0.1) is 17.6 Å². The average Bonchev–Trinajstić information content (AvgIpc) is 2.42. The van der Waals surface area contributed by atoms with Crippen LogP contribution in [0.1, 0.15) is 52.9 Å². The molecular formula is C13H23ClO. The molecule has 4 atom stereocenters. The molecule has 15 heavy (non-hydrogen) atoms. The van der Waals surface area contributed by atoms with Crippen LogP contribution in [-0.2, 0) is 4.74 Å². The SMILES string of the molecule is CC(C)(C)CC1OC2CCCCC2C1Cl. The van der Waals surface area contributed by atoms with Gasteiger partial charge in [-0.2, -0.15) is 0 Å². The highest BCUT2D eigenvalue weighted by Gasteiger charge is 2.44. The van der Waals surface area contributed by atoms with Crippen molar-refractivity contribution >= 4 is 11.6 Å². The topological polar surface area (TPSA) is 9.23 Å². The third-order valence-electron chi connectivity index (χ3n) is 3.68. The molecule has 1 heterocycles. The number of alkyl halides is 1. The fraction of sp³-hybridized carbons (Fsp3) is 1.00. The van der Waals surface area contributed by atoms with Crippen molar-refractivity contribution in [1.29, 1.82) is 0 Å². The third kappa shape index (κ3) is 2.68. The Morgan fingerprint density at radius 1 is 1.20 bits per heavy atom. The number of fused-ring (bicyclic) bond motifs is 1. The molecule has 0 bridgehead atoms. The lowest BCUT2D eigenvalue weighted by Gasteiger charge is -2.25. The van der Waals surface area contributed by atoms with Crippen LogP contribution in [0.5, 0.6) is 0 Å². The molecular weight excluding hydrogens is 208 g/mol. The molecule has 0 amide bonds. The van der Waals surface area contributed by atoms with Gasteiger partial charge in [0.2, 0.25) is 0 Å². The fourth-order valence-electron chi connectivity index (χ4n) is 3.00. The van der Waals surface area contributed by atoms with Crippen molar-refractivity contribution in [3.8, 4) is 0 Å². The molecule has 0 spiro atoms. The monoisotopic (exact) mass is 230 g/mol. The molecule has 1 aliphatic heterocycles. The smallest absolute Gasteiger partial charge is 0.0751 e. The Balaban J connectivity index is 1.98. The molecule has 1 aliphatic carbocycles. The molecule has 1 saturated carbocycles. The van der Waals surface area contributed by atoms with E-state index in [0.717, 1.165) is 6.42 Å². The van der Waals surface area contributed by atoms with E-state index in [1.807, 2.05) is 0 Å². The summed E-state index contributed by atoms with van der Waals surface area (Å²) in [5.74, 6) is 0.632. The van der Waals surface area contributed by atoms with Crippen LogP contribution in [-0.4, -0.2) is 17.6 Å². The second-order valence-corrected chi connectivity index (χ2v) is 6.87. The highest BCUT2D eigenvalue weighted by molar-refractivity contribution is 6.21. The standard InChI is InChI=1S/C13H23ClO/c1-13(2,3)8-11-12(14)9-6-4-5-7-10(9)15-11/h9-12H,4-8H2,1-3H3. The predicted molar refractivity (Wildman–Crippen MR) is 64.3 cm³/mol. The summed E-state index contributed by atoms with van der Waals surface area (Å²) < 4.78 is 6.12. The Bertz CT molecular complexity index is 221. The minimum atomic E-state index is 0.259. The summed E-state index contributed by atoms with van der Waals surface area (Å²) in [6.45, 7) is 6.80. The molecule has 1 saturated heterocycles. The first-order valence-corrected chi connectivity index (χ1v) is 6.70. The summed E-state index contributed by atoms with van der Waals surface area (Å²) in [6, 6.07) is 0. The van der Waals surface area contributed by atoms with E-state index in [9.17, 15) is 0 Å². The number of halogens is 1. The van der Waals surface area contributed by atoms with E-state index in [-0.39, 0.29) is 5.38 Å². The van der Waals surface area contributed by atoms with Crippen molar-refractivity contribution in [3.63, 3.8) is 0 Å². The number of hydrogen-bond donors (Lipinski definition) is 0. The van der Waals surface area contributed by atoms with Crippen molar-refractivity contribution in [2.24, 2.45) is 11.3 Å². The van der Waals surface area contributed by atoms with Crippen molar-refractivity contribution in [2.75, 3.05) is 0 Å². The highest BCUT2D eigenvalue weighted by Crippen LogP contribution is 2.43. The van der Waals surface area contributed by atoms with Gasteiger partial charge in [0.25, 0.3) is 0 Å². The molecule has 0 N–H and O–H groups in total. The maximum Gasteiger partial charge on any atom is 0.0751 e. The van der Waals surface area contributed by atoms with E-state index in [1.165, 1.54) is 25.7 Å². The van der Waals surface area contributed by atoms with Gasteiger partial charge in [-0.05, 0) is 24.7 Å². The van der Waals surface area contributed by atoms with Crippen LogP contribution >= 0.6 is 11.6 Å². The molecule has 1 nitrogen and oxygen atoms in total. The summed E-state index contributed by atoms with van der Waals surface area (Å²) in [4.78, 5) is 0. The van der Waals surface area contributed by atoms with Gasteiger partial charge in [-0.25, -0.2) is 0 Å². The first-order chi connectivity index (χ1) is 6.97. The molecule has 0 radical (unpaired) electrons. The van der Waals surface area contributed by atoms with Gasteiger partial charge in [0.1, 0.15) is 0 Å². The summed E-state index contributed by atoms with van der Waals surface area (Å²) in [5.41, 5.74) is 0.325. The lowest BCUT2D eigenvalue weighted by molar-refractivity contribution is 0.00285. The fourth-order valence-corrected chi connectivity index (χ4v) is 3.44. The van der Waals surface area contributed by atoms with Gasteiger partial charge in [-0.1, -0.05) is 33.6 Å². The van der Waals surface area contributed by atoms with Crippen LogP contribution in [0.4, 0.5) is 0 Å². The zero-order valence-corrected chi connectivity index (χ0v) is 10.9. The molecule has 2 aliphatic rings. The van der Waals surface area contributed by atoms with Crippen molar-refractivity contribution in [1.82, 2.24) is 0 Å². The summed E-state index contributed by atoms with van der Waals surface area (Å²) >= 11 is 6.53. The number of hydrogen-bond acceptors (Lipinski definition) is 1. The van der Waals surface area contributed by atoms with Crippen LogP contribution < -0.4 is 0 Å². The normalized spacial score (nSPS) is 41.6. The van der Waals surface area contributed by atoms with Gasteiger partial charge in [0, 0.05) is 5.92 Å². The zero-order valence-electron chi connectivity index (χ0n) is 10.1. The Morgan fingerprint density at radius 3 is 2.47 bits per heavy atom. The molecule has 4 unspecified atom stereocenters. The average molecular weight is 231 g/mol. The van der Waals surface area contributed by atoms with E-state index in [4.69, 9.17) is 16.3 Å². The van der Waals surface area contributed by atoms with Crippen LogP contribution in [0, 0.1) is 11.3 Å². The Hall–Kier alpha value is 0.250. The molecule has 88 valence electrons. The van der Waals surface area contributed by atoms with Gasteiger partial charge >= 0.3 is 0 Å². The molecule has 2 heteroatoms. The second-order valence-electron chi connectivity index (χ2n) is 6.37. The van der Waals surface area contributed by atoms with E-state index in [2.05, 4.69) is 20.8 Å². The van der Waals surface area contributed by atoms with Crippen LogP contribution in [0.3, 0.4) is 0 Å². The van der Waals surface area contributed by atoms with E-state index in [0.29, 0.717) is 23.5 Å². The largest absolute Gasteiger partial charge is 0.373 e. The maximum atomic E-state index is 6.53. The van der Waals surface area contributed by atoms with Gasteiger partial charge < -0.3 is 4.74 Å². The summed E-state index contributed by atoms with van der Waals surface area (Å²) in [7, 11) is 0. The molecule has 0 aromatic rings. The highest BCUT2D eigenvalue weighted by atomic mass is 35.5. The van der Waals surface area contributed by atoms with Crippen LogP contribution in [0.15, 0.2) is 0 Å². The van der Waals surface area contributed by atoms with Crippen LogP contribution in [0.2, 0.25) is 0 Å². The molecule has 0 aromatic carbocycles. The predicted octanol–water partition coefficient (Wildman–Crippen LogP) is 3.99. The van der Waals surface area contributed by atoms with Gasteiger partial charge in [0.15, 0.2) is 0 Å². The first-order valence-electron chi connectivity index (χ1n) is 6.27. The van der Waals surface area contributed by atoms with Gasteiger partial charge in [-0.15, -0.1) is 11.6 Å². The number of rotatable bonds is 1. The molecule has 0 aromatic heterocycles. The molecule has 2 fully saturated rings. The number of ether oxygens (including phenoxy) is 1. The van der Waals surface area contributed by atoms with Crippen molar-refractivity contribution in [2.45, 2.75) is 70.5 Å².